The second-order valence-corrected chi connectivity index (χ2v) is 4.88. The Balaban J connectivity index is 2.54. The van der Waals surface area contributed by atoms with E-state index in [2.05, 4.69) is 0 Å². The normalized spacial score (nSPS) is 18.9. The van der Waals surface area contributed by atoms with Crippen molar-refractivity contribution in [2.75, 3.05) is 6.54 Å². The largest absolute Gasteiger partial charge is 0.508 e. The molecule has 1 aliphatic rings. The van der Waals surface area contributed by atoms with Gasteiger partial charge in [-0.2, -0.15) is 0 Å². The quantitative estimate of drug-likeness (QED) is 0.839. The van der Waals surface area contributed by atoms with Crippen molar-refractivity contribution in [3.63, 3.8) is 0 Å². The Hall–Kier alpha value is -0.800. The van der Waals surface area contributed by atoms with Crippen molar-refractivity contribution in [1.82, 2.24) is 0 Å². The van der Waals surface area contributed by atoms with E-state index < -0.39 is 5.82 Å². The molecule has 0 heterocycles. The van der Waals surface area contributed by atoms with Gasteiger partial charge in [-0.05, 0) is 18.9 Å². The Morgan fingerprint density at radius 1 is 1.38 bits per heavy atom. The number of hydrogen-bond donors (Lipinski definition) is 2. The smallest absolute Gasteiger partial charge is 0.132 e. The first kappa shape index (κ1) is 11.7. The number of aromatic hydroxyl groups is 1. The summed E-state index contributed by atoms with van der Waals surface area (Å²) in [5, 5.41) is 9.54. The van der Waals surface area contributed by atoms with Crippen LogP contribution < -0.4 is 5.73 Å². The van der Waals surface area contributed by atoms with Crippen molar-refractivity contribution in [2.24, 2.45) is 5.73 Å². The third-order valence-corrected chi connectivity index (χ3v) is 3.81. The van der Waals surface area contributed by atoms with Gasteiger partial charge in [0.2, 0.25) is 0 Å². The summed E-state index contributed by atoms with van der Waals surface area (Å²) in [7, 11) is 0. The lowest BCUT2D eigenvalue weighted by Crippen LogP contribution is -2.33. The van der Waals surface area contributed by atoms with Gasteiger partial charge in [-0.3, -0.25) is 0 Å². The van der Waals surface area contributed by atoms with E-state index >= 15 is 0 Å². The monoisotopic (exact) mass is 243 g/mol. The molecule has 1 aliphatic carbocycles. The first-order valence-electron chi connectivity index (χ1n) is 5.48. The maximum Gasteiger partial charge on any atom is 0.132 e. The molecule has 0 amide bonds. The van der Waals surface area contributed by atoms with Crippen LogP contribution in [0.4, 0.5) is 4.39 Å². The Morgan fingerprint density at radius 3 is 2.50 bits per heavy atom. The van der Waals surface area contributed by atoms with Gasteiger partial charge >= 0.3 is 0 Å². The second kappa shape index (κ2) is 4.22. The van der Waals surface area contributed by atoms with Crippen LogP contribution in [0.2, 0.25) is 5.02 Å². The molecular formula is C12H15ClFNO. The molecule has 1 aromatic rings. The fourth-order valence-electron chi connectivity index (χ4n) is 2.67. The van der Waals surface area contributed by atoms with E-state index in [9.17, 15) is 9.50 Å². The van der Waals surface area contributed by atoms with E-state index in [1.54, 1.807) is 0 Å². The Kier molecular flexibility index (Phi) is 3.08. The first-order chi connectivity index (χ1) is 7.59. The Labute approximate surface area is 99.2 Å². The summed E-state index contributed by atoms with van der Waals surface area (Å²) in [6.07, 6.45) is 3.83. The molecule has 0 saturated heterocycles. The zero-order chi connectivity index (χ0) is 11.8. The highest BCUT2D eigenvalue weighted by atomic mass is 35.5. The highest BCUT2D eigenvalue weighted by Gasteiger charge is 2.38. The standard InChI is InChI=1S/C12H15ClFNO/c13-9-5-8(16)6-10(14)11(9)12(7-15)3-1-2-4-12/h5-6,16H,1-4,7,15H2. The van der Waals surface area contributed by atoms with Gasteiger partial charge in [0, 0.05) is 23.6 Å². The fourth-order valence-corrected chi connectivity index (χ4v) is 3.08. The summed E-state index contributed by atoms with van der Waals surface area (Å²) < 4.78 is 13.9. The molecule has 0 atom stereocenters. The molecule has 0 radical (unpaired) electrons. The number of phenolic OH excluding ortho intramolecular Hbond substituents is 1. The summed E-state index contributed by atoms with van der Waals surface area (Å²) in [5.41, 5.74) is 5.93. The summed E-state index contributed by atoms with van der Waals surface area (Å²) in [5.74, 6) is -0.589. The average molecular weight is 244 g/mol. The molecule has 88 valence electrons. The van der Waals surface area contributed by atoms with Crippen LogP contribution in [0.3, 0.4) is 0 Å². The fraction of sp³-hybridized carbons (Fsp3) is 0.500. The van der Waals surface area contributed by atoms with Crippen molar-refractivity contribution >= 4 is 11.6 Å². The Bertz CT molecular complexity index is 379. The van der Waals surface area contributed by atoms with Crippen LogP contribution in [-0.2, 0) is 5.41 Å². The summed E-state index contributed by atoms with van der Waals surface area (Å²) in [4.78, 5) is 0. The molecule has 0 spiro atoms. The highest BCUT2D eigenvalue weighted by Crippen LogP contribution is 2.45. The number of nitrogens with two attached hydrogens (primary N) is 1. The lowest BCUT2D eigenvalue weighted by Gasteiger charge is -2.29. The summed E-state index contributed by atoms with van der Waals surface area (Å²) in [6, 6.07) is 2.49. The van der Waals surface area contributed by atoms with Crippen molar-refractivity contribution in [2.45, 2.75) is 31.1 Å². The van der Waals surface area contributed by atoms with Crippen molar-refractivity contribution in [1.29, 1.82) is 0 Å². The predicted octanol–water partition coefficient (Wildman–Crippen LogP) is 2.96. The molecule has 0 bridgehead atoms. The van der Waals surface area contributed by atoms with Gasteiger partial charge in [0.1, 0.15) is 11.6 Å². The summed E-state index contributed by atoms with van der Waals surface area (Å²) >= 11 is 6.03. The zero-order valence-electron chi connectivity index (χ0n) is 8.97. The lowest BCUT2D eigenvalue weighted by atomic mass is 9.78. The third-order valence-electron chi connectivity index (χ3n) is 3.51. The number of benzene rings is 1. The molecular weight excluding hydrogens is 229 g/mol. The third kappa shape index (κ3) is 1.78. The minimum absolute atomic E-state index is 0.142. The van der Waals surface area contributed by atoms with E-state index in [4.69, 9.17) is 17.3 Å². The van der Waals surface area contributed by atoms with Gasteiger partial charge in [0.05, 0.1) is 5.02 Å². The van der Waals surface area contributed by atoms with E-state index in [-0.39, 0.29) is 16.2 Å². The van der Waals surface area contributed by atoms with Crippen LogP contribution in [0.1, 0.15) is 31.2 Å². The zero-order valence-corrected chi connectivity index (χ0v) is 9.73. The Morgan fingerprint density at radius 2 is 2.00 bits per heavy atom. The topological polar surface area (TPSA) is 46.2 Å². The summed E-state index contributed by atoms with van der Waals surface area (Å²) in [6.45, 7) is 0.397. The molecule has 16 heavy (non-hydrogen) atoms. The highest BCUT2D eigenvalue weighted by molar-refractivity contribution is 6.31. The predicted molar refractivity (Wildman–Crippen MR) is 62.3 cm³/mol. The van der Waals surface area contributed by atoms with Gasteiger partial charge in [-0.15, -0.1) is 0 Å². The van der Waals surface area contributed by atoms with Crippen LogP contribution in [0, 0.1) is 5.82 Å². The second-order valence-electron chi connectivity index (χ2n) is 4.48. The van der Waals surface area contributed by atoms with E-state index in [0.717, 1.165) is 31.7 Å². The SMILES string of the molecule is NCC1(c2c(F)cc(O)cc2Cl)CCCC1. The molecule has 0 unspecified atom stereocenters. The molecule has 1 saturated carbocycles. The van der Waals surface area contributed by atoms with Gasteiger partial charge < -0.3 is 10.8 Å². The molecule has 2 nitrogen and oxygen atoms in total. The van der Waals surface area contributed by atoms with Crippen molar-refractivity contribution in [3.05, 3.63) is 28.5 Å². The molecule has 4 heteroatoms. The van der Waals surface area contributed by atoms with Crippen LogP contribution in [-0.4, -0.2) is 11.7 Å². The van der Waals surface area contributed by atoms with Crippen LogP contribution in [0.15, 0.2) is 12.1 Å². The van der Waals surface area contributed by atoms with E-state index in [1.165, 1.54) is 6.07 Å². The maximum absolute atomic E-state index is 13.9. The van der Waals surface area contributed by atoms with Gasteiger partial charge in [0.15, 0.2) is 0 Å². The van der Waals surface area contributed by atoms with Gasteiger partial charge in [0.25, 0.3) is 0 Å². The number of rotatable bonds is 2. The first-order valence-corrected chi connectivity index (χ1v) is 5.85. The van der Waals surface area contributed by atoms with Crippen LogP contribution >= 0.6 is 11.6 Å². The molecule has 2 rings (SSSR count). The number of halogens is 2. The van der Waals surface area contributed by atoms with Crippen LogP contribution in [0.5, 0.6) is 5.75 Å². The minimum atomic E-state index is -0.447. The minimum Gasteiger partial charge on any atom is -0.508 e. The molecule has 1 fully saturated rings. The molecule has 3 N–H and O–H groups in total. The van der Waals surface area contributed by atoms with E-state index in [1.807, 2.05) is 0 Å². The maximum atomic E-state index is 13.9. The van der Waals surface area contributed by atoms with Crippen LogP contribution in [0.25, 0.3) is 0 Å². The van der Waals surface area contributed by atoms with E-state index in [0.29, 0.717) is 12.1 Å². The molecule has 0 aliphatic heterocycles. The molecule has 0 aromatic heterocycles. The number of hydrogen-bond acceptors (Lipinski definition) is 2. The van der Waals surface area contributed by atoms with Gasteiger partial charge in [-0.1, -0.05) is 24.4 Å². The van der Waals surface area contributed by atoms with Gasteiger partial charge in [-0.25, -0.2) is 4.39 Å². The molecule has 1 aromatic carbocycles. The van der Waals surface area contributed by atoms with Crippen molar-refractivity contribution in [3.8, 4) is 5.75 Å². The lowest BCUT2D eigenvalue weighted by molar-refractivity contribution is 0.420. The number of phenols is 1. The average Bonchev–Trinajstić information content (AvgIpc) is 2.66. The van der Waals surface area contributed by atoms with Crippen molar-refractivity contribution < 1.29 is 9.50 Å².